The van der Waals surface area contributed by atoms with E-state index in [-0.39, 0.29) is 24.4 Å². The van der Waals surface area contributed by atoms with Crippen molar-refractivity contribution in [2.24, 2.45) is 0 Å². The van der Waals surface area contributed by atoms with Crippen molar-refractivity contribution in [3.8, 4) is 0 Å². The fraction of sp³-hybridized carbons (Fsp3) is 0.462. The summed E-state index contributed by atoms with van der Waals surface area (Å²) in [5.41, 5.74) is 1.03. The minimum atomic E-state index is -0.00390. The molecule has 0 bridgehead atoms. The fourth-order valence-electron chi connectivity index (χ4n) is 1.60. The summed E-state index contributed by atoms with van der Waals surface area (Å²) in [5.74, 6) is 0.0766. The molecular formula is C13H20Cl2N2O. The molecule has 1 aromatic carbocycles. The highest BCUT2D eigenvalue weighted by molar-refractivity contribution is 6.30. The first kappa shape index (κ1) is 17.2. The Morgan fingerprint density at radius 2 is 2.17 bits per heavy atom. The monoisotopic (exact) mass is 290 g/mol. The van der Waals surface area contributed by atoms with Crippen molar-refractivity contribution in [3.05, 3.63) is 34.9 Å². The molecule has 18 heavy (non-hydrogen) atoms. The Morgan fingerprint density at radius 3 is 2.78 bits per heavy atom. The first-order chi connectivity index (χ1) is 8.13. The van der Waals surface area contributed by atoms with Crippen LogP contribution in [0.15, 0.2) is 24.3 Å². The standard InChI is InChI=1S/C13H19ClN2O.ClH/c1-10(11-5-3-6-12(14)9-11)16-13(17)7-4-8-15-2;/h3,5-6,9-10,15H,4,7-8H2,1-2H3,(H,16,17);1H. The molecule has 1 rings (SSSR count). The average Bonchev–Trinajstić information content (AvgIpc) is 2.29. The van der Waals surface area contributed by atoms with Crippen LogP contribution < -0.4 is 10.6 Å². The predicted molar refractivity (Wildman–Crippen MR) is 78.4 cm³/mol. The van der Waals surface area contributed by atoms with Gasteiger partial charge in [0.1, 0.15) is 0 Å². The fourth-order valence-corrected chi connectivity index (χ4v) is 1.80. The summed E-state index contributed by atoms with van der Waals surface area (Å²) >= 11 is 5.91. The van der Waals surface area contributed by atoms with E-state index in [4.69, 9.17) is 11.6 Å². The van der Waals surface area contributed by atoms with E-state index in [0.717, 1.165) is 18.5 Å². The summed E-state index contributed by atoms with van der Waals surface area (Å²) in [4.78, 5) is 11.6. The van der Waals surface area contributed by atoms with Crippen LogP contribution in [-0.4, -0.2) is 19.5 Å². The lowest BCUT2D eigenvalue weighted by Crippen LogP contribution is -2.27. The van der Waals surface area contributed by atoms with Crippen molar-refractivity contribution >= 4 is 29.9 Å². The largest absolute Gasteiger partial charge is 0.350 e. The van der Waals surface area contributed by atoms with E-state index >= 15 is 0 Å². The molecule has 0 aromatic heterocycles. The lowest BCUT2D eigenvalue weighted by Gasteiger charge is -2.14. The molecule has 5 heteroatoms. The van der Waals surface area contributed by atoms with E-state index in [2.05, 4.69) is 10.6 Å². The molecule has 2 N–H and O–H groups in total. The van der Waals surface area contributed by atoms with E-state index in [0.29, 0.717) is 11.4 Å². The lowest BCUT2D eigenvalue weighted by molar-refractivity contribution is -0.121. The van der Waals surface area contributed by atoms with Crippen molar-refractivity contribution in [3.63, 3.8) is 0 Å². The molecule has 3 nitrogen and oxygen atoms in total. The van der Waals surface area contributed by atoms with Crippen molar-refractivity contribution in [2.45, 2.75) is 25.8 Å². The zero-order valence-electron chi connectivity index (χ0n) is 10.7. The maximum atomic E-state index is 11.6. The third kappa shape index (κ3) is 6.24. The Morgan fingerprint density at radius 1 is 1.44 bits per heavy atom. The molecule has 0 heterocycles. The first-order valence-electron chi connectivity index (χ1n) is 5.83. The van der Waals surface area contributed by atoms with Crippen LogP contribution in [0.4, 0.5) is 0 Å². The normalized spacial score (nSPS) is 11.5. The average molecular weight is 291 g/mol. The van der Waals surface area contributed by atoms with Gasteiger partial charge in [0.25, 0.3) is 0 Å². The minimum Gasteiger partial charge on any atom is -0.350 e. The number of nitrogens with one attached hydrogen (secondary N) is 2. The Kier molecular flexibility index (Phi) is 8.81. The molecule has 0 radical (unpaired) electrons. The molecule has 1 unspecified atom stereocenters. The van der Waals surface area contributed by atoms with Gasteiger partial charge >= 0.3 is 0 Å². The third-order valence-corrected chi connectivity index (χ3v) is 2.79. The zero-order valence-corrected chi connectivity index (χ0v) is 12.3. The Balaban J connectivity index is 0.00000289. The van der Waals surface area contributed by atoms with E-state index in [9.17, 15) is 4.79 Å². The van der Waals surface area contributed by atoms with E-state index in [1.807, 2.05) is 38.2 Å². The quantitative estimate of drug-likeness (QED) is 0.791. The first-order valence-corrected chi connectivity index (χ1v) is 6.20. The second-order valence-corrected chi connectivity index (χ2v) is 4.49. The maximum absolute atomic E-state index is 11.6. The molecule has 0 aliphatic heterocycles. The van der Waals surface area contributed by atoms with E-state index in [1.165, 1.54) is 0 Å². The van der Waals surface area contributed by atoms with Crippen LogP contribution >= 0.6 is 24.0 Å². The van der Waals surface area contributed by atoms with Gasteiger partial charge in [-0.25, -0.2) is 0 Å². The summed E-state index contributed by atoms with van der Waals surface area (Å²) in [6, 6.07) is 7.55. The number of hydrogen-bond donors (Lipinski definition) is 2. The van der Waals surface area contributed by atoms with Gasteiger partial charge in [-0.15, -0.1) is 12.4 Å². The van der Waals surface area contributed by atoms with Crippen LogP contribution in [0.1, 0.15) is 31.4 Å². The van der Waals surface area contributed by atoms with E-state index in [1.54, 1.807) is 0 Å². The summed E-state index contributed by atoms with van der Waals surface area (Å²) in [6.45, 7) is 2.82. The summed E-state index contributed by atoms with van der Waals surface area (Å²) in [6.07, 6.45) is 1.40. The number of carbonyl (C=O) groups excluding carboxylic acids is 1. The summed E-state index contributed by atoms with van der Waals surface area (Å²) < 4.78 is 0. The highest BCUT2D eigenvalue weighted by Gasteiger charge is 2.09. The number of benzene rings is 1. The van der Waals surface area contributed by atoms with Gasteiger partial charge in [-0.1, -0.05) is 23.7 Å². The van der Waals surface area contributed by atoms with Gasteiger partial charge in [-0.05, 0) is 44.6 Å². The molecule has 1 amide bonds. The van der Waals surface area contributed by atoms with Gasteiger partial charge < -0.3 is 10.6 Å². The smallest absolute Gasteiger partial charge is 0.220 e. The summed E-state index contributed by atoms with van der Waals surface area (Å²) in [5, 5.41) is 6.67. The molecule has 0 aliphatic rings. The lowest BCUT2D eigenvalue weighted by atomic mass is 10.1. The van der Waals surface area contributed by atoms with Gasteiger partial charge in [0, 0.05) is 11.4 Å². The van der Waals surface area contributed by atoms with Crippen molar-refractivity contribution in [1.29, 1.82) is 0 Å². The topological polar surface area (TPSA) is 41.1 Å². The Hall–Kier alpha value is -0.770. The van der Waals surface area contributed by atoms with Gasteiger partial charge in [-0.3, -0.25) is 4.79 Å². The van der Waals surface area contributed by atoms with Gasteiger partial charge in [-0.2, -0.15) is 0 Å². The highest BCUT2D eigenvalue weighted by atomic mass is 35.5. The number of halogens is 2. The zero-order chi connectivity index (χ0) is 12.7. The van der Waals surface area contributed by atoms with Crippen LogP contribution in [0.5, 0.6) is 0 Å². The molecule has 0 fully saturated rings. The van der Waals surface area contributed by atoms with Crippen molar-refractivity contribution < 1.29 is 4.79 Å². The number of carbonyl (C=O) groups is 1. The van der Waals surface area contributed by atoms with Crippen LogP contribution in [0.3, 0.4) is 0 Å². The Bertz CT molecular complexity index is 372. The van der Waals surface area contributed by atoms with Gasteiger partial charge in [0.15, 0.2) is 0 Å². The Labute approximate surface area is 120 Å². The third-order valence-electron chi connectivity index (χ3n) is 2.56. The molecule has 102 valence electrons. The maximum Gasteiger partial charge on any atom is 0.220 e. The van der Waals surface area contributed by atoms with Crippen LogP contribution in [-0.2, 0) is 4.79 Å². The molecule has 0 aliphatic carbocycles. The molecular weight excluding hydrogens is 271 g/mol. The highest BCUT2D eigenvalue weighted by Crippen LogP contribution is 2.17. The molecule has 0 spiro atoms. The second-order valence-electron chi connectivity index (χ2n) is 4.05. The van der Waals surface area contributed by atoms with Gasteiger partial charge in [0.05, 0.1) is 6.04 Å². The molecule has 1 aromatic rings. The molecule has 0 saturated carbocycles. The summed E-state index contributed by atoms with van der Waals surface area (Å²) in [7, 11) is 1.88. The molecule has 1 atom stereocenters. The van der Waals surface area contributed by atoms with E-state index < -0.39 is 0 Å². The number of rotatable bonds is 6. The minimum absolute atomic E-state index is 0. The number of amides is 1. The van der Waals surface area contributed by atoms with Crippen LogP contribution in [0.25, 0.3) is 0 Å². The van der Waals surface area contributed by atoms with Crippen molar-refractivity contribution in [2.75, 3.05) is 13.6 Å². The van der Waals surface area contributed by atoms with Crippen LogP contribution in [0, 0.1) is 0 Å². The number of hydrogen-bond acceptors (Lipinski definition) is 2. The SMILES string of the molecule is CNCCCC(=O)NC(C)c1cccc(Cl)c1.Cl. The van der Waals surface area contributed by atoms with Gasteiger partial charge in [0.2, 0.25) is 5.91 Å². The van der Waals surface area contributed by atoms with Crippen LogP contribution in [0.2, 0.25) is 5.02 Å². The van der Waals surface area contributed by atoms with Crippen molar-refractivity contribution in [1.82, 2.24) is 10.6 Å². The predicted octanol–water partition coefficient (Wildman–Crippen LogP) is 2.94. The molecule has 0 saturated heterocycles. The second kappa shape index (κ2) is 9.20.